The van der Waals surface area contributed by atoms with Crippen LogP contribution in [0.3, 0.4) is 0 Å². The first-order valence-corrected chi connectivity index (χ1v) is 8.76. The largest absolute Gasteiger partial charge is 0.475 e. The van der Waals surface area contributed by atoms with Gasteiger partial charge in [-0.15, -0.1) is 0 Å². The van der Waals surface area contributed by atoms with Gasteiger partial charge in [0, 0.05) is 24.8 Å². The lowest BCUT2D eigenvalue weighted by atomic mass is 10.0. The number of carbonyl (C=O) groups is 1. The summed E-state index contributed by atoms with van der Waals surface area (Å²) in [4.78, 5) is 17.6. The van der Waals surface area contributed by atoms with Gasteiger partial charge in [-0.05, 0) is 41.8 Å². The molecular weight excluding hydrogens is 350 g/mol. The number of hydrogen-bond donors (Lipinski definition) is 3. The van der Waals surface area contributed by atoms with Crippen molar-refractivity contribution in [3.8, 4) is 17.0 Å². The van der Waals surface area contributed by atoms with Crippen molar-refractivity contribution < 1.29 is 24.5 Å². The van der Waals surface area contributed by atoms with E-state index in [1.807, 2.05) is 19.1 Å². The van der Waals surface area contributed by atoms with E-state index in [1.54, 1.807) is 18.2 Å². The average Bonchev–Trinajstić information content (AvgIpc) is 2.68. The van der Waals surface area contributed by atoms with Crippen LogP contribution in [0.25, 0.3) is 11.1 Å². The molecular formula is C19H23N3O5. The number of nitrogens with zero attached hydrogens (tertiary/aromatic N) is 2. The highest BCUT2D eigenvalue weighted by Gasteiger charge is 2.16. The zero-order chi connectivity index (χ0) is 19.2. The lowest BCUT2D eigenvalue weighted by Gasteiger charge is -2.28. The Labute approximate surface area is 157 Å². The number of aromatic nitrogens is 1. The lowest BCUT2D eigenvalue weighted by Crippen LogP contribution is -2.36. The number of ether oxygens (including phenoxy) is 2. The van der Waals surface area contributed by atoms with Gasteiger partial charge in [0.25, 0.3) is 0 Å². The highest BCUT2D eigenvalue weighted by Crippen LogP contribution is 2.32. The molecule has 1 aliphatic heterocycles. The van der Waals surface area contributed by atoms with E-state index < -0.39 is 6.09 Å². The molecule has 2 heterocycles. The van der Waals surface area contributed by atoms with Gasteiger partial charge in [0.05, 0.1) is 19.8 Å². The Morgan fingerprint density at radius 1 is 1.30 bits per heavy atom. The topological polar surface area (TPSA) is 104 Å². The Bertz CT molecular complexity index is 806. The van der Waals surface area contributed by atoms with E-state index in [2.05, 4.69) is 15.2 Å². The van der Waals surface area contributed by atoms with Gasteiger partial charge in [-0.1, -0.05) is 6.07 Å². The minimum Gasteiger partial charge on any atom is -0.475 e. The fourth-order valence-corrected chi connectivity index (χ4v) is 2.96. The van der Waals surface area contributed by atoms with Crippen molar-refractivity contribution in [2.45, 2.75) is 6.92 Å². The van der Waals surface area contributed by atoms with E-state index in [0.29, 0.717) is 24.8 Å². The highest BCUT2D eigenvalue weighted by molar-refractivity contribution is 5.85. The minimum atomic E-state index is -1.11. The van der Waals surface area contributed by atoms with Crippen LogP contribution in [0.2, 0.25) is 0 Å². The molecule has 3 N–H and O–H groups in total. The predicted molar refractivity (Wildman–Crippen MR) is 102 cm³/mol. The van der Waals surface area contributed by atoms with Gasteiger partial charge in [0.1, 0.15) is 12.4 Å². The number of rotatable bonds is 6. The maximum Gasteiger partial charge on any atom is 0.409 e. The smallest absolute Gasteiger partial charge is 0.409 e. The molecule has 8 heteroatoms. The second-order valence-electron chi connectivity index (χ2n) is 6.18. The van der Waals surface area contributed by atoms with Crippen molar-refractivity contribution in [2.24, 2.45) is 0 Å². The van der Waals surface area contributed by atoms with Crippen LogP contribution in [0.5, 0.6) is 5.88 Å². The van der Waals surface area contributed by atoms with E-state index in [4.69, 9.17) is 19.7 Å². The summed E-state index contributed by atoms with van der Waals surface area (Å²) in [7, 11) is 0. The standard InChI is InChI=1S/C19H23N3O5/c1-13-2-3-15(20-19(24)25)12-16(13)14-10-17(22-4-7-26-8-5-22)21-18(11-14)27-9-6-23/h2-3,10-12,20,23H,4-9H2,1H3,(H,24,25). The molecule has 0 aliphatic carbocycles. The number of aliphatic hydroxyl groups is 1. The number of aliphatic hydroxyl groups excluding tert-OH is 1. The monoisotopic (exact) mass is 373 g/mol. The van der Waals surface area contributed by atoms with Gasteiger partial charge >= 0.3 is 6.09 Å². The second kappa shape index (κ2) is 8.70. The Morgan fingerprint density at radius 3 is 2.78 bits per heavy atom. The first kappa shape index (κ1) is 18.9. The fourth-order valence-electron chi connectivity index (χ4n) is 2.96. The van der Waals surface area contributed by atoms with Crippen molar-refractivity contribution in [2.75, 3.05) is 49.7 Å². The van der Waals surface area contributed by atoms with Crippen LogP contribution in [-0.2, 0) is 4.74 Å². The van der Waals surface area contributed by atoms with Gasteiger partial charge < -0.3 is 24.6 Å². The number of pyridine rings is 1. The van der Waals surface area contributed by atoms with E-state index in [-0.39, 0.29) is 13.2 Å². The molecule has 27 heavy (non-hydrogen) atoms. The van der Waals surface area contributed by atoms with E-state index >= 15 is 0 Å². The molecule has 0 unspecified atom stereocenters. The number of benzene rings is 1. The summed E-state index contributed by atoms with van der Waals surface area (Å²) >= 11 is 0. The fraction of sp³-hybridized carbons (Fsp3) is 0.368. The number of carboxylic acid groups (broad SMARTS) is 1. The number of morpholine rings is 1. The van der Waals surface area contributed by atoms with Gasteiger partial charge in [-0.25, -0.2) is 4.79 Å². The summed E-state index contributed by atoms with van der Waals surface area (Å²) < 4.78 is 11.0. The molecule has 0 spiro atoms. The van der Waals surface area contributed by atoms with E-state index in [0.717, 1.165) is 35.6 Å². The first-order valence-electron chi connectivity index (χ1n) is 8.76. The summed E-state index contributed by atoms with van der Waals surface area (Å²) in [5.74, 6) is 1.18. The third kappa shape index (κ3) is 4.87. The summed E-state index contributed by atoms with van der Waals surface area (Å²) in [6, 6.07) is 9.14. The van der Waals surface area contributed by atoms with Crippen LogP contribution < -0.4 is 15.0 Å². The average molecular weight is 373 g/mol. The van der Waals surface area contributed by atoms with Crippen molar-refractivity contribution in [1.29, 1.82) is 0 Å². The molecule has 1 saturated heterocycles. The van der Waals surface area contributed by atoms with E-state index in [1.165, 1.54) is 0 Å². The zero-order valence-electron chi connectivity index (χ0n) is 15.1. The third-order valence-corrected chi connectivity index (χ3v) is 4.26. The Kier molecular flexibility index (Phi) is 6.10. The van der Waals surface area contributed by atoms with Crippen LogP contribution in [0.4, 0.5) is 16.3 Å². The molecule has 1 aromatic heterocycles. The Morgan fingerprint density at radius 2 is 2.07 bits per heavy atom. The maximum atomic E-state index is 11.0. The second-order valence-corrected chi connectivity index (χ2v) is 6.18. The highest BCUT2D eigenvalue weighted by atomic mass is 16.5. The van der Waals surface area contributed by atoms with Crippen LogP contribution in [0.15, 0.2) is 30.3 Å². The molecule has 2 aromatic rings. The number of amides is 1. The Balaban J connectivity index is 2.01. The summed E-state index contributed by atoms with van der Waals surface area (Å²) in [5.41, 5.74) is 3.24. The molecule has 3 rings (SSSR count). The zero-order valence-corrected chi connectivity index (χ0v) is 15.1. The third-order valence-electron chi connectivity index (χ3n) is 4.26. The maximum absolute atomic E-state index is 11.0. The summed E-state index contributed by atoms with van der Waals surface area (Å²) in [6.45, 7) is 4.74. The molecule has 144 valence electrons. The van der Waals surface area contributed by atoms with Crippen molar-refractivity contribution in [3.63, 3.8) is 0 Å². The molecule has 0 atom stereocenters. The normalized spacial score (nSPS) is 14.1. The van der Waals surface area contributed by atoms with Crippen LogP contribution in [0, 0.1) is 6.92 Å². The van der Waals surface area contributed by atoms with Gasteiger partial charge in [0.15, 0.2) is 0 Å². The number of anilines is 2. The molecule has 0 radical (unpaired) electrons. The van der Waals surface area contributed by atoms with Crippen LogP contribution in [-0.4, -0.2) is 60.8 Å². The molecule has 1 fully saturated rings. The predicted octanol–water partition coefficient (Wildman–Crippen LogP) is 2.35. The Hall–Kier alpha value is -2.84. The SMILES string of the molecule is Cc1ccc(NC(=O)O)cc1-c1cc(OCCO)nc(N2CCOCC2)c1. The number of aryl methyl sites for hydroxylation is 1. The van der Waals surface area contributed by atoms with E-state index in [9.17, 15) is 4.79 Å². The van der Waals surface area contributed by atoms with Gasteiger partial charge in [0.2, 0.25) is 5.88 Å². The number of nitrogens with one attached hydrogen (secondary N) is 1. The molecule has 0 bridgehead atoms. The minimum absolute atomic E-state index is 0.101. The molecule has 1 aliphatic rings. The van der Waals surface area contributed by atoms with Crippen molar-refractivity contribution in [1.82, 2.24) is 4.98 Å². The lowest BCUT2D eigenvalue weighted by molar-refractivity contribution is 0.122. The van der Waals surface area contributed by atoms with Gasteiger partial charge in [-0.2, -0.15) is 4.98 Å². The van der Waals surface area contributed by atoms with Crippen LogP contribution >= 0.6 is 0 Å². The van der Waals surface area contributed by atoms with Crippen molar-refractivity contribution in [3.05, 3.63) is 35.9 Å². The molecule has 1 amide bonds. The summed E-state index contributed by atoms with van der Waals surface area (Å²) in [6.07, 6.45) is -1.11. The number of hydrogen-bond acceptors (Lipinski definition) is 6. The quantitative estimate of drug-likeness (QED) is 0.714. The van der Waals surface area contributed by atoms with Gasteiger partial charge in [-0.3, -0.25) is 5.32 Å². The first-order chi connectivity index (χ1) is 13.1. The molecule has 1 aromatic carbocycles. The summed E-state index contributed by atoms with van der Waals surface area (Å²) in [5, 5.41) is 20.4. The molecule has 0 saturated carbocycles. The van der Waals surface area contributed by atoms with Crippen LogP contribution in [0.1, 0.15) is 5.56 Å². The molecule has 8 nitrogen and oxygen atoms in total. The van der Waals surface area contributed by atoms with Crippen molar-refractivity contribution >= 4 is 17.6 Å².